The molecule has 0 radical (unpaired) electrons. The van der Waals surface area contributed by atoms with Crippen molar-refractivity contribution in [1.29, 1.82) is 0 Å². The number of amides is 1. The van der Waals surface area contributed by atoms with Crippen molar-refractivity contribution in [3.05, 3.63) is 58.6 Å². The van der Waals surface area contributed by atoms with E-state index in [1.165, 1.54) is 18.9 Å². The molecule has 0 aromatic heterocycles. The summed E-state index contributed by atoms with van der Waals surface area (Å²) in [6.45, 7) is 1.24. The van der Waals surface area contributed by atoms with Crippen molar-refractivity contribution in [2.24, 2.45) is 5.92 Å². The Balaban J connectivity index is 1.33. The van der Waals surface area contributed by atoms with Crippen LogP contribution in [0.25, 0.3) is 0 Å². The molecule has 0 unspecified atom stereocenters. The smallest absolute Gasteiger partial charge is 0.292 e. The van der Waals surface area contributed by atoms with Crippen molar-refractivity contribution in [1.82, 2.24) is 0 Å². The molecule has 1 aliphatic carbocycles. The lowest BCUT2D eigenvalue weighted by atomic mass is 9.95. The zero-order valence-electron chi connectivity index (χ0n) is 17.0. The number of carbonyl (C=O) groups excluding carboxylic acids is 1. The van der Waals surface area contributed by atoms with Gasteiger partial charge in [-0.15, -0.1) is 0 Å². The molecule has 1 amide bonds. The second kappa shape index (κ2) is 9.15. The average molecular weight is 409 g/mol. The van der Waals surface area contributed by atoms with Crippen LogP contribution in [0.3, 0.4) is 0 Å². The van der Waals surface area contributed by atoms with Crippen LogP contribution < -0.4 is 15.0 Å². The minimum absolute atomic E-state index is 0.00442. The summed E-state index contributed by atoms with van der Waals surface area (Å²) in [5.74, 6) is 0.685. The van der Waals surface area contributed by atoms with Crippen molar-refractivity contribution < 1.29 is 14.5 Å². The number of nitro groups is 1. The van der Waals surface area contributed by atoms with Gasteiger partial charge in [0.2, 0.25) is 5.91 Å². The van der Waals surface area contributed by atoms with E-state index in [1.54, 1.807) is 12.1 Å². The number of hydrogen-bond donors (Lipinski definition) is 1. The predicted molar refractivity (Wildman–Crippen MR) is 116 cm³/mol. The van der Waals surface area contributed by atoms with E-state index in [-0.39, 0.29) is 28.5 Å². The van der Waals surface area contributed by atoms with E-state index < -0.39 is 0 Å². The van der Waals surface area contributed by atoms with E-state index in [1.807, 2.05) is 35.2 Å². The lowest BCUT2D eigenvalue weighted by molar-refractivity contribution is -0.384. The van der Waals surface area contributed by atoms with Crippen LogP contribution in [0.5, 0.6) is 5.75 Å². The second-order valence-corrected chi connectivity index (χ2v) is 8.05. The van der Waals surface area contributed by atoms with E-state index in [9.17, 15) is 14.9 Å². The maximum absolute atomic E-state index is 12.8. The maximum Gasteiger partial charge on any atom is 0.292 e. The highest BCUT2D eigenvalue weighted by Crippen LogP contribution is 2.32. The third-order valence-corrected chi connectivity index (χ3v) is 5.99. The number of carbonyl (C=O) groups is 1. The summed E-state index contributed by atoms with van der Waals surface area (Å²) in [6, 6.07) is 14.4. The van der Waals surface area contributed by atoms with Crippen LogP contribution in [0.1, 0.15) is 38.5 Å². The third-order valence-electron chi connectivity index (χ3n) is 5.99. The van der Waals surface area contributed by atoms with E-state index in [0.29, 0.717) is 31.6 Å². The zero-order chi connectivity index (χ0) is 20.9. The Morgan fingerprint density at radius 2 is 1.77 bits per heavy atom. The van der Waals surface area contributed by atoms with Gasteiger partial charge < -0.3 is 15.0 Å². The monoisotopic (exact) mass is 409 g/mol. The lowest BCUT2D eigenvalue weighted by Gasteiger charge is -2.32. The van der Waals surface area contributed by atoms with Crippen LogP contribution in [0, 0.1) is 16.0 Å². The molecule has 1 N–H and O–H groups in total. The lowest BCUT2D eigenvalue weighted by Crippen LogP contribution is -2.38. The van der Waals surface area contributed by atoms with Crippen molar-refractivity contribution in [3.8, 4) is 5.75 Å². The van der Waals surface area contributed by atoms with Crippen LogP contribution >= 0.6 is 0 Å². The molecule has 2 aliphatic rings. The van der Waals surface area contributed by atoms with Crippen molar-refractivity contribution in [2.45, 2.75) is 44.6 Å². The summed E-state index contributed by atoms with van der Waals surface area (Å²) in [7, 11) is 0. The molecule has 7 heteroatoms. The molecule has 158 valence electrons. The van der Waals surface area contributed by atoms with E-state index in [0.717, 1.165) is 24.3 Å². The quantitative estimate of drug-likeness (QED) is 0.549. The van der Waals surface area contributed by atoms with E-state index in [4.69, 9.17) is 4.74 Å². The summed E-state index contributed by atoms with van der Waals surface area (Å²) in [5.41, 5.74) is 1.48. The Kier molecular flexibility index (Phi) is 6.16. The Bertz CT molecular complexity index is 903. The Morgan fingerprint density at radius 1 is 1.03 bits per heavy atom. The van der Waals surface area contributed by atoms with Gasteiger partial charge in [0.15, 0.2) is 0 Å². The Labute approximate surface area is 176 Å². The summed E-state index contributed by atoms with van der Waals surface area (Å²) >= 11 is 0. The van der Waals surface area contributed by atoms with Crippen LogP contribution in [-0.4, -0.2) is 30.0 Å². The normalized spacial score (nSPS) is 17.7. The fraction of sp³-hybridized carbons (Fsp3) is 0.435. The highest BCUT2D eigenvalue weighted by Gasteiger charge is 2.28. The van der Waals surface area contributed by atoms with E-state index >= 15 is 0 Å². The standard InChI is InChI=1S/C23H27N3O4/c27-23(24-18-6-5-9-20(16-18)30-19-7-1-2-8-19)17-12-14-25(15-13-17)21-10-3-4-11-22(21)26(28)29/h3-6,9-11,16-17,19H,1-2,7-8,12-15H2,(H,24,27). The molecule has 2 fully saturated rings. The molecule has 0 spiro atoms. The van der Waals surface area contributed by atoms with Crippen LogP contribution in [-0.2, 0) is 4.79 Å². The minimum atomic E-state index is -0.352. The molecule has 1 aliphatic heterocycles. The Morgan fingerprint density at radius 3 is 2.50 bits per heavy atom. The molecule has 1 heterocycles. The number of nitro benzene ring substituents is 1. The van der Waals surface area contributed by atoms with Crippen LogP contribution in [0.2, 0.25) is 0 Å². The van der Waals surface area contributed by atoms with Gasteiger partial charge in [0.25, 0.3) is 5.69 Å². The first-order valence-corrected chi connectivity index (χ1v) is 10.7. The van der Waals surface area contributed by atoms with Gasteiger partial charge in [-0.2, -0.15) is 0 Å². The van der Waals surface area contributed by atoms with Gasteiger partial charge in [-0.3, -0.25) is 14.9 Å². The fourth-order valence-corrected chi connectivity index (χ4v) is 4.36. The molecule has 0 bridgehead atoms. The molecule has 7 nitrogen and oxygen atoms in total. The number of rotatable bonds is 6. The molecule has 1 saturated heterocycles. The first-order chi connectivity index (χ1) is 14.6. The summed E-state index contributed by atoms with van der Waals surface area (Å²) in [5, 5.41) is 14.3. The largest absolute Gasteiger partial charge is 0.490 e. The van der Waals surface area contributed by atoms with Crippen molar-refractivity contribution in [3.63, 3.8) is 0 Å². The number of hydrogen-bond acceptors (Lipinski definition) is 5. The number of nitrogens with zero attached hydrogens (tertiary/aromatic N) is 2. The fourth-order valence-electron chi connectivity index (χ4n) is 4.36. The maximum atomic E-state index is 12.8. The zero-order valence-corrected chi connectivity index (χ0v) is 17.0. The topological polar surface area (TPSA) is 84.7 Å². The van der Waals surface area contributed by atoms with Crippen molar-refractivity contribution in [2.75, 3.05) is 23.3 Å². The van der Waals surface area contributed by atoms with Gasteiger partial charge in [-0.1, -0.05) is 18.2 Å². The van der Waals surface area contributed by atoms with Gasteiger partial charge in [0, 0.05) is 36.8 Å². The summed E-state index contributed by atoms with van der Waals surface area (Å²) in [4.78, 5) is 25.7. The van der Waals surface area contributed by atoms with Crippen LogP contribution in [0.4, 0.5) is 17.1 Å². The molecule has 0 atom stereocenters. The Hall–Kier alpha value is -3.09. The average Bonchev–Trinajstić information content (AvgIpc) is 3.27. The number of anilines is 2. The molecule has 1 saturated carbocycles. The molecule has 2 aromatic carbocycles. The van der Waals surface area contributed by atoms with Gasteiger partial charge in [-0.25, -0.2) is 0 Å². The summed E-state index contributed by atoms with van der Waals surface area (Å²) < 4.78 is 6.02. The molecule has 4 rings (SSSR count). The first-order valence-electron chi connectivity index (χ1n) is 10.7. The van der Waals surface area contributed by atoms with Gasteiger partial charge in [-0.05, 0) is 56.7 Å². The first kappa shape index (κ1) is 20.2. The van der Waals surface area contributed by atoms with Crippen LogP contribution in [0.15, 0.2) is 48.5 Å². The SMILES string of the molecule is O=C(Nc1cccc(OC2CCCC2)c1)C1CCN(c2ccccc2[N+](=O)[O-])CC1. The van der Waals surface area contributed by atoms with Gasteiger partial charge in [0.05, 0.1) is 11.0 Å². The van der Waals surface area contributed by atoms with Gasteiger partial charge >= 0.3 is 0 Å². The predicted octanol–water partition coefficient (Wildman–Crippen LogP) is 4.77. The number of para-hydroxylation sites is 2. The highest BCUT2D eigenvalue weighted by molar-refractivity contribution is 5.93. The molecule has 30 heavy (non-hydrogen) atoms. The number of benzene rings is 2. The van der Waals surface area contributed by atoms with Gasteiger partial charge in [0.1, 0.15) is 11.4 Å². The second-order valence-electron chi connectivity index (χ2n) is 8.05. The molecule has 2 aromatic rings. The third kappa shape index (κ3) is 4.72. The minimum Gasteiger partial charge on any atom is -0.490 e. The molecular weight excluding hydrogens is 382 g/mol. The number of ether oxygens (including phenoxy) is 1. The number of piperidine rings is 1. The molecular formula is C23H27N3O4. The number of nitrogens with one attached hydrogen (secondary N) is 1. The van der Waals surface area contributed by atoms with E-state index in [2.05, 4.69) is 5.32 Å². The summed E-state index contributed by atoms with van der Waals surface area (Å²) in [6.07, 6.45) is 6.22. The van der Waals surface area contributed by atoms with Crippen molar-refractivity contribution >= 4 is 23.0 Å². The highest BCUT2D eigenvalue weighted by atomic mass is 16.6.